The van der Waals surface area contributed by atoms with Crippen LogP contribution >= 0.6 is 11.3 Å². The van der Waals surface area contributed by atoms with E-state index in [9.17, 15) is 17.2 Å². The molecule has 0 saturated heterocycles. The van der Waals surface area contributed by atoms with E-state index in [1.54, 1.807) is 55.5 Å². The molecule has 0 aliphatic heterocycles. The van der Waals surface area contributed by atoms with Crippen molar-refractivity contribution in [3.8, 4) is 12.3 Å². The lowest BCUT2D eigenvalue weighted by molar-refractivity contribution is 0.531. The van der Waals surface area contributed by atoms with Crippen molar-refractivity contribution in [2.24, 2.45) is 0 Å². The van der Waals surface area contributed by atoms with Gasteiger partial charge in [0, 0.05) is 21.7 Å². The molecule has 7 heteroatoms. The monoisotopic (exact) mass is 481 g/mol. The van der Waals surface area contributed by atoms with Gasteiger partial charge in [-0.1, -0.05) is 25.8 Å². The Morgan fingerprint density at radius 2 is 1.73 bits per heavy atom. The number of anilines is 2. The van der Waals surface area contributed by atoms with Crippen LogP contribution in [0.5, 0.6) is 0 Å². The minimum absolute atomic E-state index is 0.273. The van der Waals surface area contributed by atoms with Gasteiger partial charge in [-0.3, -0.25) is 0 Å². The molecular formula is C26H21F2NO2S2. The van der Waals surface area contributed by atoms with Gasteiger partial charge < -0.3 is 0 Å². The van der Waals surface area contributed by atoms with E-state index in [4.69, 9.17) is 6.42 Å². The number of hydrogen-bond acceptors (Lipinski definition) is 3. The van der Waals surface area contributed by atoms with Crippen LogP contribution < -0.4 is 4.31 Å². The highest BCUT2D eigenvalue weighted by Crippen LogP contribution is 2.39. The molecule has 3 aromatic carbocycles. The van der Waals surface area contributed by atoms with Gasteiger partial charge in [-0.05, 0) is 70.4 Å². The second-order valence-electron chi connectivity index (χ2n) is 8.33. The van der Waals surface area contributed by atoms with Crippen LogP contribution in [0.25, 0.3) is 10.1 Å². The fourth-order valence-corrected chi connectivity index (χ4v) is 5.69. The zero-order valence-electron chi connectivity index (χ0n) is 18.3. The minimum Gasteiger partial charge on any atom is -0.239 e. The largest absolute Gasteiger partial charge is 0.239 e. The van der Waals surface area contributed by atoms with Crippen LogP contribution in [0.4, 0.5) is 20.2 Å². The highest BCUT2D eigenvalue weighted by atomic mass is 32.2. The van der Waals surface area contributed by atoms with Crippen molar-refractivity contribution in [2.75, 3.05) is 10.6 Å². The topological polar surface area (TPSA) is 37.4 Å². The maximum Gasteiger partial charge on any atom is 0.236 e. The van der Waals surface area contributed by atoms with E-state index in [1.807, 2.05) is 17.5 Å². The first-order valence-corrected chi connectivity index (χ1v) is 12.8. The summed E-state index contributed by atoms with van der Waals surface area (Å²) < 4.78 is 56.2. The first kappa shape index (κ1) is 23.0. The van der Waals surface area contributed by atoms with E-state index in [2.05, 4.69) is 5.92 Å². The number of hydrogen-bond donors (Lipinski definition) is 0. The van der Waals surface area contributed by atoms with Crippen LogP contribution in [-0.2, 0) is 15.4 Å². The molecule has 1 aromatic heterocycles. The summed E-state index contributed by atoms with van der Waals surface area (Å²) in [5.41, 5.74) is 1.21. The molecule has 4 rings (SSSR count). The molecule has 0 aliphatic carbocycles. The maximum absolute atomic E-state index is 14.7. The number of thiophene rings is 1. The Labute approximate surface area is 196 Å². The molecule has 4 aromatic rings. The molecular weight excluding hydrogens is 460 g/mol. The number of benzene rings is 3. The lowest BCUT2D eigenvalue weighted by atomic mass is 9.77. The first-order valence-electron chi connectivity index (χ1n) is 10.1. The van der Waals surface area contributed by atoms with Gasteiger partial charge in [-0.15, -0.1) is 17.8 Å². The molecule has 0 saturated carbocycles. The molecule has 0 radical (unpaired) electrons. The summed E-state index contributed by atoms with van der Waals surface area (Å²) in [4.78, 5) is 0. The lowest BCUT2D eigenvalue weighted by Crippen LogP contribution is -2.26. The summed E-state index contributed by atoms with van der Waals surface area (Å²) in [6, 6.07) is 15.8. The Hall–Kier alpha value is -3.21. The van der Waals surface area contributed by atoms with Gasteiger partial charge in [0.2, 0.25) is 10.0 Å². The van der Waals surface area contributed by atoms with E-state index in [0.29, 0.717) is 22.5 Å². The van der Waals surface area contributed by atoms with Crippen LogP contribution in [0.15, 0.2) is 66.0 Å². The Morgan fingerprint density at radius 1 is 0.970 bits per heavy atom. The van der Waals surface area contributed by atoms with Crippen molar-refractivity contribution in [1.82, 2.24) is 0 Å². The molecule has 0 aliphatic rings. The molecule has 0 spiro atoms. The van der Waals surface area contributed by atoms with Gasteiger partial charge in [0.1, 0.15) is 11.6 Å². The number of rotatable bonds is 5. The predicted octanol–water partition coefficient (Wildman–Crippen LogP) is 6.58. The molecule has 168 valence electrons. The average molecular weight is 482 g/mol. The molecule has 0 N–H and O–H groups in total. The maximum atomic E-state index is 14.7. The Kier molecular flexibility index (Phi) is 5.77. The molecule has 33 heavy (non-hydrogen) atoms. The van der Waals surface area contributed by atoms with Crippen LogP contribution in [-0.4, -0.2) is 14.7 Å². The van der Waals surface area contributed by atoms with Gasteiger partial charge in [0.15, 0.2) is 0 Å². The highest BCUT2D eigenvalue weighted by molar-refractivity contribution is 7.92. The third-order valence-corrected chi connectivity index (χ3v) is 7.63. The molecule has 0 atom stereocenters. The summed E-state index contributed by atoms with van der Waals surface area (Å²) in [5, 5.41) is 2.86. The number of terminal acetylenes is 1. The van der Waals surface area contributed by atoms with Crippen molar-refractivity contribution in [3.05, 3.63) is 94.4 Å². The first-order chi connectivity index (χ1) is 15.5. The normalized spacial score (nSPS) is 12.0. The molecule has 1 heterocycles. The summed E-state index contributed by atoms with van der Waals surface area (Å²) >= 11 is 1.57. The van der Waals surface area contributed by atoms with Crippen molar-refractivity contribution < 1.29 is 17.2 Å². The van der Waals surface area contributed by atoms with Gasteiger partial charge in [0.25, 0.3) is 0 Å². The van der Waals surface area contributed by atoms with E-state index in [0.717, 1.165) is 22.4 Å². The van der Waals surface area contributed by atoms with Gasteiger partial charge in [0.05, 0.1) is 17.6 Å². The second-order valence-corrected chi connectivity index (χ2v) is 11.1. The van der Waals surface area contributed by atoms with E-state index >= 15 is 0 Å². The third-order valence-electron chi connectivity index (χ3n) is 5.65. The van der Waals surface area contributed by atoms with Crippen LogP contribution in [0.2, 0.25) is 0 Å². The molecule has 3 nitrogen and oxygen atoms in total. The number of fused-ring (bicyclic) bond motifs is 1. The van der Waals surface area contributed by atoms with Crippen molar-refractivity contribution in [1.29, 1.82) is 0 Å². The summed E-state index contributed by atoms with van der Waals surface area (Å²) in [6.45, 7) is 3.57. The highest BCUT2D eigenvalue weighted by Gasteiger charge is 2.29. The second kappa shape index (κ2) is 8.29. The van der Waals surface area contributed by atoms with E-state index in [-0.39, 0.29) is 5.56 Å². The predicted molar refractivity (Wildman–Crippen MR) is 132 cm³/mol. The lowest BCUT2D eigenvalue weighted by Gasteiger charge is -2.29. The molecule has 0 fully saturated rings. The van der Waals surface area contributed by atoms with E-state index in [1.165, 1.54) is 16.4 Å². The van der Waals surface area contributed by atoms with Crippen LogP contribution in [0.3, 0.4) is 0 Å². The zero-order chi connectivity index (χ0) is 24.0. The smallest absolute Gasteiger partial charge is 0.236 e. The minimum atomic E-state index is -3.74. The van der Waals surface area contributed by atoms with Gasteiger partial charge in [-0.25, -0.2) is 21.5 Å². The number of nitrogens with zero attached hydrogens (tertiary/aromatic N) is 1. The fourth-order valence-electron chi connectivity index (χ4n) is 3.94. The average Bonchev–Trinajstić information content (AvgIpc) is 3.20. The fraction of sp³-hybridized carbons (Fsp3) is 0.154. The Balaban J connectivity index is 1.92. The van der Waals surface area contributed by atoms with Crippen molar-refractivity contribution >= 4 is 42.8 Å². The SMILES string of the molecule is C#Cc1cc(N(c2ccc3sccc3c2)S(C)(=O)=O)cc(C(C)(C)c2ccc(F)cc2F)c1. The molecule has 0 bridgehead atoms. The van der Waals surface area contributed by atoms with Crippen molar-refractivity contribution in [2.45, 2.75) is 19.3 Å². The summed E-state index contributed by atoms with van der Waals surface area (Å²) in [5.74, 6) is 1.21. The van der Waals surface area contributed by atoms with Gasteiger partial charge >= 0.3 is 0 Å². The Morgan fingerprint density at radius 3 is 2.39 bits per heavy atom. The van der Waals surface area contributed by atoms with Crippen LogP contribution in [0.1, 0.15) is 30.5 Å². The number of sulfonamides is 1. The van der Waals surface area contributed by atoms with E-state index < -0.39 is 27.1 Å². The summed E-state index contributed by atoms with van der Waals surface area (Å²) in [6.07, 6.45) is 6.81. The third kappa shape index (κ3) is 4.37. The number of halogens is 2. The van der Waals surface area contributed by atoms with Crippen molar-refractivity contribution in [3.63, 3.8) is 0 Å². The zero-order valence-corrected chi connectivity index (χ0v) is 19.9. The summed E-state index contributed by atoms with van der Waals surface area (Å²) in [7, 11) is -3.74. The molecule has 0 unspecified atom stereocenters. The Bertz CT molecular complexity index is 1520. The quantitative estimate of drug-likeness (QED) is 0.302. The van der Waals surface area contributed by atoms with Gasteiger partial charge in [-0.2, -0.15) is 0 Å². The standard InChI is InChI=1S/C26H21F2NO2S2/c1-5-17-12-19(26(2,3)23-8-6-20(27)16-24(23)28)15-22(13-17)29(33(4,30)31)21-7-9-25-18(14-21)10-11-32-25/h1,6-16H,2-4H3. The van der Waals surface area contributed by atoms with Crippen LogP contribution in [0, 0.1) is 24.0 Å². The molecule has 0 amide bonds.